The van der Waals surface area contributed by atoms with Crippen molar-refractivity contribution in [2.45, 2.75) is 0 Å². The minimum atomic E-state index is -3.59. The molecular weight excluding hydrogens is 326 g/mol. The van der Waals surface area contributed by atoms with E-state index in [2.05, 4.69) is 30.8 Å². The number of anilines is 1. The highest BCUT2D eigenvalue weighted by Gasteiger charge is 2.13. The third-order valence-corrected chi connectivity index (χ3v) is 4.86. The topological polar surface area (TPSA) is 112 Å². The van der Waals surface area contributed by atoms with Crippen LogP contribution >= 0.6 is 15.9 Å². The summed E-state index contributed by atoms with van der Waals surface area (Å²) in [7, 11) is -3.59. The molecule has 1 aromatic heterocycles. The summed E-state index contributed by atoms with van der Waals surface area (Å²) in [5.74, 6) is 0. The van der Waals surface area contributed by atoms with Crippen LogP contribution in [0.25, 0.3) is 10.8 Å². The molecule has 0 amide bonds. The molecule has 2 aromatic rings. The smallest absolute Gasteiger partial charge is 0.272 e. The molecule has 0 atom stereocenters. The van der Waals surface area contributed by atoms with Crippen molar-refractivity contribution < 1.29 is 8.42 Å². The molecule has 7 nitrogen and oxygen atoms in total. The molecule has 2 rings (SSSR count). The molecule has 1 aromatic carbocycles. The minimum Gasteiger partial charge on any atom is -0.282 e. The van der Waals surface area contributed by atoms with Crippen molar-refractivity contribution in [1.29, 1.82) is 0 Å². The van der Waals surface area contributed by atoms with Gasteiger partial charge in [0, 0.05) is 0 Å². The van der Waals surface area contributed by atoms with Crippen LogP contribution in [0, 0.1) is 0 Å². The number of benzene rings is 1. The number of aromatic amines is 2. The van der Waals surface area contributed by atoms with E-state index >= 15 is 0 Å². The van der Waals surface area contributed by atoms with Crippen LogP contribution in [-0.4, -0.2) is 23.3 Å². The number of H-pyrrole nitrogens is 2. The number of aromatic nitrogens is 2. The Morgan fingerprint density at radius 1 is 1.17 bits per heavy atom. The van der Waals surface area contributed by atoms with Gasteiger partial charge in [0.1, 0.15) is 4.66 Å². The zero-order valence-corrected chi connectivity index (χ0v) is 11.3. The minimum absolute atomic E-state index is 0.00535. The Kier molecular flexibility index (Phi) is 3.26. The predicted octanol–water partition coefficient (Wildman–Crippen LogP) is 0.310. The summed E-state index contributed by atoms with van der Waals surface area (Å²) in [6.45, 7) is 0. The third kappa shape index (κ3) is 2.31. The second kappa shape index (κ2) is 4.58. The molecule has 3 N–H and O–H groups in total. The predicted molar refractivity (Wildman–Crippen MR) is 71.5 cm³/mol. The molecule has 0 aliphatic heterocycles. The van der Waals surface area contributed by atoms with Gasteiger partial charge >= 0.3 is 0 Å². The van der Waals surface area contributed by atoms with Crippen LogP contribution < -0.4 is 15.8 Å². The molecule has 0 saturated carbocycles. The van der Waals surface area contributed by atoms with Crippen LogP contribution in [0.5, 0.6) is 0 Å². The Labute approximate surface area is 109 Å². The van der Waals surface area contributed by atoms with E-state index in [0.717, 1.165) is 0 Å². The summed E-state index contributed by atoms with van der Waals surface area (Å²) in [6, 6.07) is 4.34. The molecule has 18 heavy (non-hydrogen) atoms. The van der Waals surface area contributed by atoms with E-state index < -0.39 is 21.1 Å². The Bertz CT molecular complexity index is 808. The van der Waals surface area contributed by atoms with E-state index in [1.807, 2.05) is 0 Å². The van der Waals surface area contributed by atoms with Gasteiger partial charge in [0.15, 0.2) is 0 Å². The van der Waals surface area contributed by atoms with Crippen molar-refractivity contribution in [1.82, 2.24) is 10.2 Å². The standard InChI is InChI=1S/C9H8BrN3O4S/c10-4-18(16,17)13-6-3-1-2-5-7(6)9(15)12-11-8(5)14/h1-3,13H,4H2,(H,11,14)(H,12,15). The number of nitrogens with one attached hydrogen (secondary N) is 3. The summed E-state index contributed by atoms with van der Waals surface area (Å²) in [6.07, 6.45) is 0. The van der Waals surface area contributed by atoms with E-state index in [4.69, 9.17) is 0 Å². The Morgan fingerprint density at radius 3 is 2.50 bits per heavy atom. The molecule has 0 fully saturated rings. The quantitative estimate of drug-likeness (QED) is 0.701. The monoisotopic (exact) mass is 333 g/mol. The van der Waals surface area contributed by atoms with Crippen LogP contribution in [0.1, 0.15) is 0 Å². The van der Waals surface area contributed by atoms with Gasteiger partial charge in [-0.3, -0.25) is 24.5 Å². The SMILES string of the molecule is O=c1[nH][nH]c(=O)c2c(NS(=O)(=O)CBr)cccc12. The lowest BCUT2D eigenvalue weighted by molar-refractivity contribution is 0.606. The molecule has 0 aliphatic carbocycles. The second-order valence-corrected chi connectivity index (χ2v) is 6.49. The molecule has 0 spiro atoms. The molecule has 0 bridgehead atoms. The van der Waals surface area contributed by atoms with Gasteiger partial charge in [-0.2, -0.15) is 0 Å². The first-order valence-corrected chi connectivity index (χ1v) is 7.52. The van der Waals surface area contributed by atoms with Gasteiger partial charge in [-0.05, 0) is 12.1 Å². The van der Waals surface area contributed by atoms with E-state index in [1.54, 1.807) is 0 Å². The molecule has 96 valence electrons. The van der Waals surface area contributed by atoms with Crippen molar-refractivity contribution >= 4 is 42.4 Å². The van der Waals surface area contributed by atoms with Gasteiger partial charge in [0.05, 0.1) is 16.5 Å². The van der Waals surface area contributed by atoms with Gasteiger partial charge < -0.3 is 0 Å². The fourth-order valence-corrected chi connectivity index (χ4v) is 2.41. The highest BCUT2D eigenvalue weighted by atomic mass is 79.9. The second-order valence-electron chi connectivity index (χ2n) is 3.46. The number of fused-ring (bicyclic) bond motifs is 1. The highest BCUT2D eigenvalue weighted by Crippen LogP contribution is 2.18. The Hall–Kier alpha value is -1.61. The van der Waals surface area contributed by atoms with E-state index in [0.29, 0.717) is 0 Å². The maximum absolute atomic E-state index is 11.7. The third-order valence-electron chi connectivity index (χ3n) is 2.23. The molecule has 0 aliphatic rings. The van der Waals surface area contributed by atoms with E-state index in [9.17, 15) is 18.0 Å². The van der Waals surface area contributed by atoms with Crippen LogP contribution in [-0.2, 0) is 10.0 Å². The van der Waals surface area contributed by atoms with Crippen LogP contribution in [0.3, 0.4) is 0 Å². The van der Waals surface area contributed by atoms with Crippen molar-refractivity contribution in [3.8, 4) is 0 Å². The largest absolute Gasteiger partial charge is 0.282 e. The van der Waals surface area contributed by atoms with Crippen LogP contribution in [0.2, 0.25) is 0 Å². The summed E-state index contributed by atoms with van der Waals surface area (Å²) in [5, 5.41) is 4.44. The first-order chi connectivity index (χ1) is 8.44. The van der Waals surface area contributed by atoms with Crippen LogP contribution in [0.4, 0.5) is 5.69 Å². The summed E-state index contributed by atoms with van der Waals surface area (Å²) >= 11 is 2.82. The fourth-order valence-electron chi connectivity index (χ4n) is 1.51. The number of rotatable bonds is 3. The van der Waals surface area contributed by atoms with E-state index in [-0.39, 0.29) is 21.1 Å². The highest BCUT2D eigenvalue weighted by molar-refractivity contribution is 9.10. The summed E-state index contributed by atoms with van der Waals surface area (Å²) in [5.41, 5.74) is -0.999. The van der Waals surface area contributed by atoms with Gasteiger partial charge in [0.2, 0.25) is 10.0 Å². The molecule has 1 heterocycles. The van der Waals surface area contributed by atoms with Gasteiger partial charge in [-0.1, -0.05) is 22.0 Å². The van der Waals surface area contributed by atoms with Crippen molar-refractivity contribution in [3.05, 3.63) is 38.9 Å². The molecule has 9 heteroatoms. The molecule has 0 radical (unpaired) electrons. The lowest BCUT2D eigenvalue weighted by Crippen LogP contribution is -2.21. The molecular formula is C9H8BrN3O4S. The molecule has 0 unspecified atom stereocenters. The van der Waals surface area contributed by atoms with Gasteiger partial charge in [-0.25, -0.2) is 8.42 Å². The van der Waals surface area contributed by atoms with Gasteiger partial charge in [0.25, 0.3) is 11.1 Å². The van der Waals surface area contributed by atoms with Gasteiger partial charge in [-0.15, -0.1) is 0 Å². The van der Waals surface area contributed by atoms with Crippen LogP contribution in [0.15, 0.2) is 27.8 Å². The Balaban J connectivity index is 2.78. The number of sulfonamides is 1. The first-order valence-electron chi connectivity index (χ1n) is 4.75. The van der Waals surface area contributed by atoms with Crippen molar-refractivity contribution in [3.63, 3.8) is 0 Å². The zero-order valence-electron chi connectivity index (χ0n) is 8.86. The summed E-state index contributed by atoms with van der Waals surface area (Å²) < 4.78 is 24.8. The average molecular weight is 334 g/mol. The van der Waals surface area contributed by atoms with Crippen molar-refractivity contribution in [2.24, 2.45) is 0 Å². The molecule has 0 saturated heterocycles. The maximum atomic E-state index is 11.7. The average Bonchev–Trinajstić information content (AvgIpc) is 2.34. The number of alkyl halides is 1. The summed E-state index contributed by atoms with van der Waals surface area (Å²) in [4.78, 5) is 23.2. The lowest BCUT2D eigenvalue weighted by atomic mass is 10.2. The fraction of sp³-hybridized carbons (Fsp3) is 0.111. The van der Waals surface area contributed by atoms with E-state index in [1.165, 1.54) is 18.2 Å². The lowest BCUT2D eigenvalue weighted by Gasteiger charge is -2.07. The van der Waals surface area contributed by atoms with Crippen molar-refractivity contribution in [2.75, 3.05) is 9.38 Å². The Morgan fingerprint density at radius 2 is 1.83 bits per heavy atom. The normalized spacial score (nSPS) is 11.6. The number of hydrogen-bond acceptors (Lipinski definition) is 4. The maximum Gasteiger partial charge on any atom is 0.272 e. The first kappa shape index (κ1) is 12.8. The number of hydrogen-bond donors (Lipinski definition) is 3. The zero-order chi connectivity index (χ0) is 13.3. The number of halogens is 1.